The molecule has 0 aliphatic carbocycles. The SMILES string of the molecule is O=C(CNC(=O)c1cccc(NF)c1)NC(CC(=O)OP)c1ccc(F)cc1. The first-order valence-corrected chi connectivity index (χ1v) is 8.59. The number of halogens is 2. The second-order valence-electron chi connectivity index (χ2n) is 5.72. The number of anilines is 1. The van der Waals surface area contributed by atoms with Crippen molar-refractivity contribution in [3.63, 3.8) is 0 Å². The Labute approximate surface area is 162 Å². The number of benzene rings is 2. The van der Waals surface area contributed by atoms with E-state index in [1.54, 1.807) is 0 Å². The van der Waals surface area contributed by atoms with Crippen LogP contribution in [-0.4, -0.2) is 24.3 Å². The summed E-state index contributed by atoms with van der Waals surface area (Å²) < 4.78 is 30.1. The van der Waals surface area contributed by atoms with Gasteiger partial charge in [-0.3, -0.25) is 14.4 Å². The van der Waals surface area contributed by atoms with Gasteiger partial charge in [0, 0.05) is 5.56 Å². The summed E-state index contributed by atoms with van der Waals surface area (Å²) in [5, 5.41) is 4.99. The molecule has 0 aliphatic heterocycles. The molecule has 0 spiro atoms. The number of hydrogen-bond donors (Lipinski definition) is 3. The van der Waals surface area contributed by atoms with E-state index < -0.39 is 29.6 Å². The Morgan fingerprint density at radius 3 is 2.46 bits per heavy atom. The molecule has 10 heteroatoms. The zero-order chi connectivity index (χ0) is 20.5. The van der Waals surface area contributed by atoms with Gasteiger partial charge in [-0.25, -0.2) is 9.93 Å². The lowest BCUT2D eigenvalue weighted by Gasteiger charge is -2.18. The maximum Gasteiger partial charge on any atom is 0.310 e. The van der Waals surface area contributed by atoms with Gasteiger partial charge < -0.3 is 15.2 Å². The lowest BCUT2D eigenvalue weighted by molar-refractivity contribution is -0.134. The Morgan fingerprint density at radius 2 is 1.82 bits per heavy atom. The largest absolute Gasteiger partial charge is 0.451 e. The molecule has 28 heavy (non-hydrogen) atoms. The van der Waals surface area contributed by atoms with Gasteiger partial charge >= 0.3 is 5.97 Å². The lowest BCUT2D eigenvalue weighted by Crippen LogP contribution is -2.39. The molecule has 2 rings (SSSR count). The Hall–Kier alpha value is -3.06. The molecule has 0 aliphatic rings. The monoisotopic (exact) mass is 409 g/mol. The minimum atomic E-state index is -0.767. The van der Waals surface area contributed by atoms with Crippen molar-refractivity contribution in [1.82, 2.24) is 10.6 Å². The molecule has 2 atom stereocenters. The summed E-state index contributed by atoms with van der Waals surface area (Å²) in [6.07, 6.45) is -0.182. The summed E-state index contributed by atoms with van der Waals surface area (Å²) in [5.41, 5.74) is 2.19. The molecule has 2 aromatic rings. The fourth-order valence-corrected chi connectivity index (χ4v) is 2.49. The van der Waals surface area contributed by atoms with Crippen LogP contribution in [0.2, 0.25) is 0 Å². The van der Waals surface area contributed by atoms with Crippen LogP contribution in [0, 0.1) is 5.82 Å². The van der Waals surface area contributed by atoms with Crippen LogP contribution >= 0.6 is 9.47 Å². The Balaban J connectivity index is 1.99. The fraction of sp³-hybridized carbons (Fsp3) is 0.167. The highest BCUT2D eigenvalue weighted by molar-refractivity contribution is 7.10. The van der Waals surface area contributed by atoms with E-state index in [9.17, 15) is 23.3 Å². The molecule has 2 amide bonds. The van der Waals surface area contributed by atoms with Crippen LogP contribution in [0.1, 0.15) is 28.4 Å². The van der Waals surface area contributed by atoms with E-state index in [2.05, 4.69) is 15.2 Å². The zero-order valence-electron chi connectivity index (χ0n) is 14.6. The van der Waals surface area contributed by atoms with Crippen molar-refractivity contribution >= 4 is 32.9 Å². The van der Waals surface area contributed by atoms with E-state index in [4.69, 9.17) is 0 Å². The van der Waals surface area contributed by atoms with Gasteiger partial charge in [0.1, 0.15) is 5.82 Å². The molecule has 0 saturated heterocycles. The number of carbonyl (C=O) groups is 3. The van der Waals surface area contributed by atoms with Gasteiger partial charge in [0.25, 0.3) is 5.91 Å². The van der Waals surface area contributed by atoms with Crippen molar-refractivity contribution in [2.75, 3.05) is 12.1 Å². The topological polar surface area (TPSA) is 96.5 Å². The molecule has 2 aromatic carbocycles. The number of amides is 2. The van der Waals surface area contributed by atoms with Gasteiger partial charge in [-0.1, -0.05) is 18.2 Å². The molecule has 0 fully saturated rings. The standard InChI is InChI=1S/C18H18F2N3O4P/c19-13-6-4-11(5-7-13)15(9-17(25)27-28)22-16(24)10-21-18(26)12-2-1-3-14(8-12)23-20/h1-8,15,23H,9-10,28H2,(H,21,26)(H,22,24). The number of nitrogens with one attached hydrogen (secondary N) is 3. The highest BCUT2D eigenvalue weighted by Crippen LogP contribution is 2.18. The van der Waals surface area contributed by atoms with Crippen molar-refractivity contribution in [3.05, 3.63) is 65.5 Å². The normalized spacial score (nSPS) is 11.2. The van der Waals surface area contributed by atoms with Crippen LogP contribution in [0.5, 0.6) is 0 Å². The third-order valence-electron chi connectivity index (χ3n) is 3.75. The average Bonchev–Trinajstić information content (AvgIpc) is 2.72. The summed E-state index contributed by atoms with van der Waals surface area (Å²) in [4.78, 5) is 35.8. The lowest BCUT2D eigenvalue weighted by atomic mass is 10.0. The van der Waals surface area contributed by atoms with Crippen molar-refractivity contribution in [2.45, 2.75) is 12.5 Å². The van der Waals surface area contributed by atoms with Crippen LogP contribution in [0.25, 0.3) is 0 Å². The summed E-state index contributed by atoms with van der Waals surface area (Å²) in [5.74, 6) is -2.20. The van der Waals surface area contributed by atoms with Crippen molar-refractivity contribution in [2.24, 2.45) is 0 Å². The van der Waals surface area contributed by atoms with Crippen molar-refractivity contribution in [1.29, 1.82) is 0 Å². The average molecular weight is 409 g/mol. The minimum absolute atomic E-state index is 0.101. The molecule has 0 heterocycles. The Morgan fingerprint density at radius 1 is 1.11 bits per heavy atom. The number of hydrogen-bond acceptors (Lipinski definition) is 5. The third-order valence-corrected chi connectivity index (χ3v) is 4.02. The van der Waals surface area contributed by atoms with Gasteiger partial charge in [-0.05, 0) is 35.9 Å². The maximum atomic E-state index is 13.1. The summed E-state index contributed by atoms with van der Waals surface area (Å²) >= 11 is 0. The molecular weight excluding hydrogens is 391 g/mol. The smallest absolute Gasteiger partial charge is 0.310 e. The van der Waals surface area contributed by atoms with Crippen LogP contribution in [0.3, 0.4) is 0 Å². The van der Waals surface area contributed by atoms with Crippen molar-refractivity contribution in [3.8, 4) is 0 Å². The van der Waals surface area contributed by atoms with Gasteiger partial charge in [-0.2, -0.15) is 0 Å². The highest BCUT2D eigenvalue weighted by Gasteiger charge is 2.19. The summed E-state index contributed by atoms with van der Waals surface area (Å²) in [6.45, 7) is -0.375. The molecule has 0 saturated carbocycles. The first-order chi connectivity index (χ1) is 13.4. The van der Waals surface area contributed by atoms with E-state index in [0.29, 0.717) is 5.56 Å². The Kier molecular flexibility index (Phi) is 7.83. The van der Waals surface area contributed by atoms with Crippen LogP contribution in [0.15, 0.2) is 48.5 Å². The predicted octanol–water partition coefficient (Wildman–Crippen LogP) is 2.43. The summed E-state index contributed by atoms with van der Waals surface area (Å²) in [7, 11) is 1.82. The molecule has 148 valence electrons. The zero-order valence-corrected chi connectivity index (χ0v) is 15.7. The first kappa shape index (κ1) is 21.2. The molecule has 7 nitrogen and oxygen atoms in total. The molecule has 0 radical (unpaired) electrons. The second-order valence-corrected chi connectivity index (χ2v) is 5.96. The maximum absolute atomic E-state index is 13.1. The third kappa shape index (κ3) is 6.28. The van der Waals surface area contributed by atoms with Gasteiger partial charge in [0.2, 0.25) is 5.91 Å². The van der Waals surface area contributed by atoms with Crippen molar-refractivity contribution < 1.29 is 27.8 Å². The van der Waals surface area contributed by atoms with Gasteiger partial charge in [0.15, 0.2) is 0 Å². The quantitative estimate of drug-likeness (QED) is 0.460. The van der Waals surface area contributed by atoms with E-state index in [0.717, 1.165) is 0 Å². The minimum Gasteiger partial charge on any atom is -0.451 e. The number of carbonyl (C=O) groups excluding carboxylic acids is 3. The molecular formula is C18H18F2N3O4P. The first-order valence-electron chi connectivity index (χ1n) is 8.12. The molecule has 0 bridgehead atoms. The summed E-state index contributed by atoms with van der Waals surface area (Å²) in [6, 6.07) is 10.2. The predicted molar refractivity (Wildman–Crippen MR) is 101 cm³/mol. The van der Waals surface area contributed by atoms with E-state index in [1.165, 1.54) is 54.1 Å². The van der Waals surface area contributed by atoms with Crippen LogP contribution < -0.4 is 16.2 Å². The van der Waals surface area contributed by atoms with Gasteiger partial charge in [0.05, 0.1) is 34.2 Å². The van der Waals surface area contributed by atoms with Crippen LogP contribution in [-0.2, 0) is 14.1 Å². The van der Waals surface area contributed by atoms with E-state index >= 15 is 0 Å². The van der Waals surface area contributed by atoms with E-state index in [1.807, 2.05) is 9.47 Å². The van der Waals surface area contributed by atoms with Crippen LogP contribution in [0.4, 0.5) is 14.6 Å². The molecule has 3 N–H and O–H groups in total. The highest BCUT2D eigenvalue weighted by atomic mass is 31.0. The van der Waals surface area contributed by atoms with E-state index in [-0.39, 0.29) is 24.2 Å². The second kappa shape index (κ2) is 10.3. The fourth-order valence-electron chi connectivity index (χ4n) is 2.39. The molecule has 2 unspecified atom stereocenters. The Bertz CT molecular complexity index is 849. The van der Waals surface area contributed by atoms with Gasteiger partial charge in [-0.15, -0.1) is 4.48 Å². The number of rotatable bonds is 8. The molecule has 0 aromatic heterocycles.